The predicted octanol–water partition coefficient (Wildman–Crippen LogP) is 2.01. The monoisotopic (exact) mass is 278 g/mol. The molecule has 0 aromatic carbocycles. The van der Waals surface area contributed by atoms with Crippen molar-refractivity contribution < 1.29 is 4.79 Å². The molecule has 1 atom stereocenters. The molecular weight excluding hydrogens is 256 g/mol. The minimum absolute atomic E-state index is 0.0417. The van der Waals surface area contributed by atoms with E-state index in [0.717, 1.165) is 13.0 Å². The maximum absolute atomic E-state index is 11.5. The van der Waals surface area contributed by atoms with Gasteiger partial charge in [-0.1, -0.05) is 22.9 Å². The van der Waals surface area contributed by atoms with E-state index >= 15 is 0 Å². The zero-order valence-corrected chi connectivity index (χ0v) is 12.0. The molecule has 0 aliphatic rings. The molecule has 0 aliphatic heterocycles. The second kappa shape index (κ2) is 6.48. The van der Waals surface area contributed by atoms with Crippen LogP contribution in [-0.2, 0) is 4.79 Å². The summed E-state index contributed by atoms with van der Waals surface area (Å²) < 4.78 is -0.470. The fourth-order valence-corrected chi connectivity index (χ4v) is 1.23. The first-order chi connectivity index (χ1) is 6.79. The molecule has 4 heteroatoms. The average Bonchev–Trinajstić information content (AvgIpc) is 2.14. The highest BCUT2D eigenvalue weighted by Gasteiger charge is 2.22. The first kappa shape index (κ1) is 14.9. The van der Waals surface area contributed by atoms with E-state index < -0.39 is 4.32 Å². The third-order valence-electron chi connectivity index (χ3n) is 2.63. The van der Waals surface area contributed by atoms with Crippen molar-refractivity contribution in [3.63, 3.8) is 0 Å². The van der Waals surface area contributed by atoms with Crippen molar-refractivity contribution in [1.82, 2.24) is 10.2 Å². The lowest BCUT2D eigenvalue weighted by atomic mass is 10.2. The maximum Gasteiger partial charge on any atom is 0.236 e. The van der Waals surface area contributed by atoms with E-state index in [1.165, 1.54) is 0 Å². The highest BCUT2D eigenvalue weighted by Crippen LogP contribution is 2.14. The lowest BCUT2D eigenvalue weighted by Crippen LogP contribution is -2.42. The van der Waals surface area contributed by atoms with Gasteiger partial charge in [0.15, 0.2) is 0 Å². The van der Waals surface area contributed by atoms with Crippen LogP contribution in [0.3, 0.4) is 0 Å². The highest BCUT2D eigenvalue weighted by molar-refractivity contribution is 9.10. The second-order valence-electron chi connectivity index (χ2n) is 4.47. The Morgan fingerprint density at radius 2 is 2.07 bits per heavy atom. The van der Waals surface area contributed by atoms with Crippen LogP contribution in [0.5, 0.6) is 0 Å². The van der Waals surface area contributed by atoms with E-state index in [-0.39, 0.29) is 5.91 Å². The van der Waals surface area contributed by atoms with Crippen LogP contribution in [-0.4, -0.2) is 41.3 Å². The number of rotatable bonds is 6. The molecule has 0 bridgehead atoms. The Morgan fingerprint density at radius 3 is 2.47 bits per heavy atom. The lowest BCUT2D eigenvalue weighted by molar-refractivity contribution is -0.122. The van der Waals surface area contributed by atoms with Crippen LogP contribution < -0.4 is 5.32 Å². The number of carbonyl (C=O) groups is 1. The number of carbonyl (C=O) groups excluding carboxylic acids is 1. The molecule has 0 radical (unpaired) electrons. The molecule has 3 nitrogen and oxygen atoms in total. The number of halogens is 1. The summed E-state index contributed by atoms with van der Waals surface area (Å²) in [4.78, 5) is 13.8. The number of hydrogen-bond donors (Lipinski definition) is 1. The molecule has 0 rings (SSSR count). The molecular formula is C11H23BrN2O. The van der Waals surface area contributed by atoms with Gasteiger partial charge in [0, 0.05) is 19.1 Å². The Bertz CT molecular complexity index is 201. The van der Waals surface area contributed by atoms with Crippen molar-refractivity contribution in [3.05, 3.63) is 0 Å². The number of nitrogens with zero attached hydrogens (tertiary/aromatic N) is 1. The van der Waals surface area contributed by atoms with Gasteiger partial charge in [-0.15, -0.1) is 0 Å². The summed E-state index contributed by atoms with van der Waals surface area (Å²) in [5, 5.41) is 2.90. The van der Waals surface area contributed by atoms with Crippen molar-refractivity contribution in [3.8, 4) is 0 Å². The van der Waals surface area contributed by atoms with Crippen LogP contribution in [0.1, 0.15) is 34.1 Å². The lowest BCUT2D eigenvalue weighted by Gasteiger charge is -2.24. The molecule has 0 fully saturated rings. The summed E-state index contributed by atoms with van der Waals surface area (Å²) >= 11 is 3.33. The van der Waals surface area contributed by atoms with Crippen molar-refractivity contribution in [2.24, 2.45) is 0 Å². The van der Waals surface area contributed by atoms with Crippen molar-refractivity contribution in [2.45, 2.75) is 44.5 Å². The molecule has 90 valence electrons. The van der Waals surface area contributed by atoms with Gasteiger partial charge < -0.3 is 10.2 Å². The van der Waals surface area contributed by atoms with Gasteiger partial charge in [0.05, 0.1) is 4.32 Å². The van der Waals surface area contributed by atoms with Crippen molar-refractivity contribution in [1.29, 1.82) is 0 Å². The Hall–Kier alpha value is -0.0900. The van der Waals surface area contributed by atoms with Gasteiger partial charge in [-0.2, -0.15) is 0 Å². The standard InChI is InChI=1S/C11H23BrN2O/c1-6-9(2)14(5)8-7-13-10(15)11(3,4)12/h9H,6-8H2,1-5H3,(H,13,15). The maximum atomic E-state index is 11.5. The Balaban J connectivity index is 3.76. The Morgan fingerprint density at radius 1 is 1.53 bits per heavy atom. The highest BCUT2D eigenvalue weighted by atomic mass is 79.9. The van der Waals surface area contributed by atoms with Crippen LogP contribution in [0, 0.1) is 0 Å². The van der Waals surface area contributed by atoms with Crippen LogP contribution in [0.4, 0.5) is 0 Å². The SMILES string of the molecule is CCC(C)N(C)CCNC(=O)C(C)(C)Br. The van der Waals surface area contributed by atoms with Crippen molar-refractivity contribution in [2.75, 3.05) is 20.1 Å². The van der Waals surface area contributed by atoms with Gasteiger partial charge in [0.1, 0.15) is 0 Å². The smallest absolute Gasteiger partial charge is 0.236 e. The Kier molecular flexibility index (Phi) is 6.44. The zero-order valence-electron chi connectivity index (χ0n) is 10.4. The number of amides is 1. The molecule has 0 aromatic heterocycles. The summed E-state index contributed by atoms with van der Waals surface area (Å²) in [5.41, 5.74) is 0. The third kappa shape index (κ3) is 6.15. The zero-order chi connectivity index (χ0) is 12.1. The van der Waals surface area contributed by atoms with Gasteiger partial charge in [-0.3, -0.25) is 4.79 Å². The van der Waals surface area contributed by atoms with E-state index in [9.17, 15) is 4.79 Å². The molecule has 15 heavy (non-hydrogen) atoms. The first-order valence-corrected chi connectivity index (χ1v) is 6.25. The topological polar surface area (TPSA) is 32.3 Å². The number of hydrogen-bond acceptors (Lipinski definition) is 2. The molecule has 1 unspecified atom stereocenters. The van der Waals surface area contributed by atoms with Gasteiger partial charge in [0.25, 0.3) is 0 Å². The largest absolute Gasteiger partial charge is 0.354 e. The molecule has 0 heterocycles. The van der Waals surface area contributed by atoms with E-state index in [2.05, 4.69) is 47.0 Å². The minimum Gasteiger partial charge on any atom is -0.354 e. The van der Waals surface area contributed by atoms with Crippen molar-refractivity contribution >= 4 is 21.8 Å². The van der Waals surface area contributed by atoms with E-state index in [1.807, 2.05) is 13.8 Å². The number of likely N-dealkylation sites (N-methyl/N-ethyl adjacent to an activating group) is 1. The van der Waals surface area contributed by atoms with Crippen LogP contribution in [0.15, 0.2) is 0 Å². The molecule has 0 spiro atoms. The van der Waals surface area contributed by atoms with Gasteiger partial charge >= 0.3 is 0 Å². The Labute approximate surface area is 102 Å². The summed E-state index contributed by atoms with van der Waals surface area (Å²) in [5.74, 6) is 0.0417. The molecule has 0 saturated carbocycles. The fourth-order valence-electron chi connectivity index (χ4n) is 1.09. The number of nitrogens with one attached hydrogen (secondary N) is 1. The predicted molar refractivity (Wildman–Crippen MR) is 68.4 cm³/mol. The van der Waals surface area contributed by atoms with E-state index in [4.69, 9.17) is 0 Å². The molecule has 0 aliphatic carbocycles. The van der Waals surface area contributed by atoms with Gasteiger partial charge in [0.2, 0.25) is 5.91 Å². The number of alkyl halides is 1. The van der Waals surface area contributed by atoms with Gasteiger partial charge in [-0.05, 0) is 34.2 Å². The van der Waals surface area contributed by atoms with Crippen LogP contribution in [0.25, 0.3) is 0 Å². The summed E-state index contributed by atoms with van der Waals surface area (Å²) in [6.07, 6.45) is 1.13. The van der Waals surface area contributed by atoms with Crippen LogP contribution >= 0.6 is 15.9 Å². The van der Waals surface area contributed by atoms with Gasteiger partial charge in [-0.25, -0.2) is 0 Å². The van der Waals surface area contributed by atoms with E-state index in [0.29, 0.717) is 12.6 Å². The molecule has 0 saturated heterocycles. The fraction of sp³-hybridized carbons (Fsp3) is 0.909. The molecule has 1 N–H and O–H groups in total. The van der Waals surface area contributed by atoms with Crippen LogP contribution in [0.2, 0.25) is 0 Å². The van der Waals surface area contributed by atoms with E-state index in [1.54, 1.807) is 0 Å². The molecule has 0 aromatic rings. The first-order valence-electron chi connectivity index (χ1n) is 5.46. The quantitative estimate of drug-likeness (QED) is 0.754. The minimum atomic E-state index is -0.470. The average molecular weight is 279 g/mol. The summed E-state index contributed by atoms with van der Waals surface area (Å²) in [6.45, 7) is 9.65. The summed E-state index contributed by atoms with van der Waals surface area (Å²) in [6, 6.07) is 0.568. The second-order valence-corrected chi connectivity index (χ2v) is 6.45. The third-order valence-corrected chi connectivity index (χ3v) is 2.99. The summed E-state index contributed by atoms with van der Waals surface area (Å²) in [7, 11) is 2.08. The molecule has 1 amide bonds. The normalized spacial score (nSPS) is 14.1.